The lowest BCUT2D eigenvalue weighted by Crippen LogP contribution is -2.42. The summed E-state index contributed by atoms with van der Waals surface area (Å²) in [7, 11) is 0. The van der Waals surface area contributed by atoms with Gasteiger partial charge in [-0.1, -0.05) is 31.5 Å². The molecule has 0 saturated carbocycles. The molecule has 1 aromatic heterocycles. The maximum Gasteiger partial charge on any atom is 0.162 e. The Kier molecular flexibility index (Phi) is 5.96. The second-order valence-electron chi connectivity index (χ2n) is 9.17. The molecule has 0 fully saturated rings. The lowest BCUT2D eigenvalue weighted by atomic mass is 9.69. The van der Waals surface area contributed by atoms with Crippen molar-refractivity contribution >= 4 is 46.2 Å². The van der Waals surface area contributed by atoms with Gasteiger partial charge < -0.3 is 5.73 Å². The molecule has 1 atom stereocenters. The highest BCUT2D eigenvalue weighted by molar-refractivity contribution is 8.00. The molecule has 7 heteroatoms. The third kappa shape index (κ3) is 3.67. The number of hydrogen-bond donors (Lipinski definition) is 1. The maximum atomic E-state index is 13.6. The fraction of sp³-hybridized carbons (Fsp3) is 0.360. The topological polar surface area (TPSA) is 70.1 Å². The van der Waals surface area contributed by atoms with Crippen molar-refractivity contribution in [3.8, 4) is 6.07 Å². The maximum absolute atomic E-state index is 13.6. The van der Waals surface area contributed by atoms with Gasteiger partial charge in [0.05, 0.1) is 27.5 Å². The number of rotatable bonds is 3. The number of nitrogens with two attached hydrogens (primary N) is 1. The minimum Gasteiger partial charge on any atom is -0.384 e. The van der Waals surface area contributed by atoms with Gasteiger partial charge in [0.15, 0.2) is 5.78 Å². The molecule has 1 unspecified atom stereocenters. The molecule has 32 heavy (non-hydrogen) atoms. The van der Waals surface area contributed by atoms with E-state index in [-0.39, 0.29) is 11.2 Å². The zero-order valence-corrected chi connectivity index (χ0v) is 21.3. The molecule has 0 bridgehead atoms. The highest BCUT2D eigenvalue weighted by atomic mass is 35.5. The van der Waals surface area contributed by atoms with Gasteiger partial charge in [-0.3, -0.25) is 9.69 Å². The number of allylic oxidation sites excluding steroid dienone is 3. The summed E-state index contributed by atoms with van der Waals surface area (Å²) in [4.78, 5) is 16.7. The van der Waals surface area contributed by atoms with Crippen LogP contribution in [0.3, 0.4) is 0 Å². The number of nitriles is 1. The normalized spacial score (nSPS) is 20.5. The predicted molar refractivity (Wildman–Crippen MR) is 134 cm³/mol. The number of ketones is 1. The van der Waals surface area contributed by atoms with E-state index in [1.54, 1.807) is 23.1 Å². The van der Waals surface area contributed by atoms with Crippen molar-refractivity contribution in [2.24, 2.45) is 11.1 Å². The largest absolute Gasteiger partial charge is 0.384 e. The first-order valence-corrected chi connectivity index (χ1v) is 12.9. The Bertz CT molecular complexity index is 1230. The van der Waals surface area contributed by atoms with Gasteiger partial charge in [-0.15, -0.1) is 23.1 Å². The molecule has 0 amide bonds. The minimum absolute atomic E-state index is 0.0853. The van der Waals surface area contributed by atoms with Crippen LogP contribution < -0.4 is 10.6 Å². The van der Waals surface area contributed by atoms with Crippen LogP contribution in [-0.2, 0) is 4.79 Å². The number of halogens is 1. The van der Waals surface area contributed by atoms with Crippen molar-refractivity contribution in [2.75, 3.05) is 11.2 Å². The zero-order valence-electron chi connectivity index (χ0n) is 18.9. The molecule has 1 aliphatic heterocycles. The first-order valence-electron chi connectivity index (χ1n) is 10.4. The minimum atomic E-state index is -0.443. The van der Waals surface area contributed by atoms with Crippen LogP contribution in [-0.4, -0.2) is 12.0 Å². The van der Waals surface area contributed by atoms with Crippen LogP contribution in [0.2, 0.25) is 5.02 Å². The Labute approximate surface area is 202 Å². The van der Waals surface area contributed by atoms with Gasteiger partial charge >= 0.3 is 0 Å². The summed E-state index contributed by atoms with van der Waals surface area (Å²) < 4.78 is 1.12. The van der Waals surface area contributed by atoms with Crippen LogP contribution in [0.15, 0.2) is 51.1 Å². The average Bonchev–Trinajstić information content (AvgIpc) is 3.09. The van der Waals surface area contributed by atoms with E-state index >= 15 is 0 Å². The van der Waals surface area contributed by atoms with Crippen molar-refractivity contribution < 1.29 is 4.79 Å². The molecule has 2 N–H and O–H groups in total. The Hall–Kier alpha value is -2.20. The van der Waals surface area contributed by atoms with E-state index in [0.29, 0.717) is 34.8 Å². The zero-order chi connectivity index (χ0) is 23.4. The highest BCUT2D eigenvalue weighted by Crippen LogP contribution is 2.52. The molecule has 166 valence electrons. The smallest absolute Gasteiger partial charge is 0.162 e. The third-order valence-electron chi connectivity index (χ3n) is 6.21. The molecule has 0 spiro atoms. The number of nitrogens with zero attached hydrogens (tertiary/aromatic N) is 2. The Balaban J connectivity index is 2.06. The molecular formula is C25H26ClN3OS2. The van der Waals surface area contributed by atoms with E-state index in [9.17, 15) is 10.1 Å². The molecule has 0 radical (unpaired) electrons. The molecule has 2 heterocycles. The summed E-state index contributed by atoms with van der Waals surface area (Å²) in [6.45, 7) is 8.20. The molecule has 2 aromatic rings. The lowest BCUT2D eigenvalue weighted by Gasteiger charge is -2.44. The van der Waals surface area contributed by atoms with Gasteiger partial charge in [0.2, 0.25) is 0 Å². The average molecular weight is 484 g/mol. The Morgan fingerprint density at radius 1 is 1.31 bits per heavy atom. The number of thioether (sulfide) groups is 1. The summed E-state index contributed by atoms with van der Waals surface area (Å²) in [5.74, 6) is 0.0202. The quantitative estimate of drug-likeness (QED) is 0.493. The first-order chi connectivity index (χ1) is 15.1. The van der Waals surface area contributed by atoms with Crippen LogP contribution in [0.25, 0.3) is 0 Å². The van der Waals surface area contributed by atoms with Gasteiger partial charge in [0, 0.05) is 27.6 Å². The molecule has 4 nitrogen and oxygen atoms in total. The fourth-order valence-corrected chi connectivity index (χ4v) is 6.89. The van der Waals surface area contributed by atoms with E-state index in [4.69, 9.17) is 17.3 Å². The van der Waals surface area contributed by atoms with Gasteiger partial charge in [0.25, 0.3) is 0 Å². The van der Waals surface area contributed by atoms with Crippen molar-refractivity contribution in [3.05, 3.63) is 68.0 Å². The number of carbonyl (C=O) groups is 1. The van der Waals surface area contributed by atoms with Crippen molar-refractivity contribution in [1.29, 1.82) is 5.26 Å². The number of hydrogen-bond acceptors (Lipinski definition) is 6. The van der Waals surface area contributed by atoms with Crippen LogP contribution in [0.5, 0.6) is 0 Å². The predicted octanol–water partition coefficient (Wildman–Crippen LogP) is 6.68. The van der Waals surface area contributed by atoms with Crippen molar-refractivity contribution in [2.45, 2.75) is 50.7 Å². The third-order valence-corrected chi connectivity index (χ3v) is 8.83. The second-order valence-corrected chi connectivity index (χ2v) is 11.9. The van der Waals surface area contributed by atoms with E-state index in [1.165, 1.54) is 0 Å². The van der Waals surface area contributed by atoms with Crippen molar-refractivity contribution in [1.82, 2.24) is 0 Å². The Morgan fingerprint density at radius 2 is 2.03 bits per heavy atom. The highest BCUT2D eigenvalue weighted by Gasteiger charge is 2.45. The molecule has 2 aliphatic rings. The van der Waals surface area contributed by atoms with E-state index in [1.807, 2.05) is 36.3 Å². The van der Waals surface area contributed by atoms with E-state index in [2.05, 4.69) is 32.9 Å². The van der Waals surface area contributed by atoms with E-state index < -0.39 is 5.92 Å². The Morgan fingerprint density at radius 3 is 2.69 bits per heavy atom. The SMILES string of the molecule is CSc1sc(C)cc1C1C(C#N)=C(N)N(c2cccc(Cl)c2C)C2=C1C(=O)CC(C)(C)C2. The summed E-state index contributed by atoms with van der Waals surface area (Å²) >= 11 is 9.78. The number of thiophene rings is 1. The van der Waals surface area contributed by atoms with Gasteiger partial charge in [-0.2, -0.15) is 5.26 Å². The van der Waals surface area contributed by atoms with Crippen LogP contribution >= 0.6 is 34.7 Å². The van der Waals surface area contributed by atoms with Gasteiger partial charge in [-0.05, 0) is 61.3 Å². The second kappa shape index (κ2) is 8.30. The van der Waals surface area contributed by atoms with Crippen LogP contribution in [0.1, 0.15) is 48.6 Å². The summed E-state index contributed by atoms with van der Waals surface area (Å²) in [6.07, 6.45) is 3.16. The molecule has 1 aromatic carbocycles. The number of benzene rings is 1. The van der Waals surface area contributed by atoms with Crippen molar-refractivity contribution in [3.63, 3.8) is 0 Å². The summed E-state index contributed by atoms with van der Waals surface area (Å²) in [5.41, 5.74) is 11.2. The lowest BCUT2D eigenvalue weighted by molar-refractivity contribution is -0.118. The summed E-state index contributed by atoms with van der Waals surface area (Å²) in [5, 5.41) is 10.9. The number of aryl methyl sites for hydroxylation is 1. The van der Waals surface area contributed by atoms with Gasteiger partial charge in [-0.25, -0.2) is 0 Å². The molecule has 4 rings (SSSR count). The van der Waals surface area contributed by atoms with Crippen LogP contribution in [0.4, 0.5) is 5.69 Å². The van der Waals surface area contributed by atoms with Gasteiger partial charge in [0.1, 0.15) is 5.82 Å². The fourth-order valence-electron chi connectivity index (χ4n) is 4.81. The molecule has 0 saturated heterocycles. The van der Waals surface area contributed by atoms with E-state index in [0.717, 1.165) is 31.6 Å². The monoisotopic (exact) mass is 483 g/mol. The van der Waals surface area contributed by atoms with Crippen LogP contribution in [0, 0.1) is 30.6 Å². The molecule has 1 aliphatic carbocycles. The summed E-state index contributed by atoms with van der Waals surface area (Å²) in [6, 6.07) is 10.1. The number of anilines is 1. The number of carbonyl (C=O) groups excluding carboxylic acids is 1. The number of Topliss-reactive ketones (excluding diaryl/α,β-unsaturated/α-hetero) is 1. The molecular weight excluding hydrogens is 458 g/mol. The first kappa shape index (κ1) is 23.0. The standard InChI is InChI=1S/C25H26ClN3OS2/c1-13-9-15(24(31-5)32-13)21-16(12-27)23(28)29(18-8-6-7-17(26)14(18)2)19-10-25(3,4)11-20(30)22(19)21/h6-9,21H,10-11,28H2,1-5H3.